The zero-order valence-electron chi connectivity index (χ0n) is 12.2. The molecule has 0 spiro atoms. The molecular weight excluding hydrogens is 310 g/mol. The van der Waals surface area contributed by atoms with Gasteiger partial charge in [0.1, 0.15) is 4.32 Å². The van der Waals surface area contributed by atoms with Crippen LogP contribution in [0.15, 0.2) is 48.5 Å². The van der Waals surface area contributed by atoms with Crippen LogP contribution in [-0.2, 0) is 0 Å². The Labute approximate surface area is 138 Å². The Balaban J connectivity index is 2.06. The Morgan fingerprint density at radius 2 is 1.59 bits per heavy atom. The molecule has 1 aliphatic heterocycles. The summed E-state index contributed by atoms with van der Waals surface area (Å²) in [6.07, 6.45) is 0. The van der Waals surface area contributed by atoms with Crippen molar-refractivity contribution < 1.29 is 0 Å². The first-order valence-electron chi connectivity index (χ1n) is 7.14. The minimum absolute atomic E-state index is 0.809. The van der Waals surface area contributed by atoms with E-state index in [1.165, 1.54) is 5.69 Å². The fourth-order valence-corrected chi connectivity index (χ4v) is 3.88. The summed E-state index contributed by atoms with van der Waals surface area (Å²) in [6.45, 7) is 0.809. The highest BCUT2D eigenvalue weighted by atomic mass is 32.2. The summed E-state index contributed by atoms with van der Waals surface area (Å²) in [7, 11) is 2.12. The van der Waals surface area contributed by atoms with E-state index in [4.69, 9.17) is 17.2 Å². The first-order valence-corrected chi connectivity index (χ1v) is 8.54. The molecule has 4 rings (SSSR count). The lowest BCUT2D eigenvalue weighted by Crippen LogP contribution is -2.43. The van der Waals surface area contributed by atoms with Crippen LogP contribution >= 0.6 is 24.0 Å². The summed E-state index contributed by atoms with van der Waals surface area (Å²) < 4.78 is 0.930. The van der Waals surface area contributed by atoms with Gasteiger partial charge >= 0.3 is 0 Å². The number of hydrogen-bond acceptors (Lipinski definition) is 4. The number of anilines is 1. The highest BCUT2D eigenvalue weighted by Gasteiger charge is 2.24. The molecule has 1 fully saturated rings. The first kappa shape index (κ1) is 13.9. The van der Waals surface area contributed by atoms with E-state index in [2.05, 4.69) is 53.2 Å². The Kier molecular flexibility index (Phi) is 3.48. The highest BCUT2D eigenvalue weighted by Crippen LogP contribution is 2.36. The van der Waals surface area contributed by atoms with Crippen LogP contribution < -0.4 is 4.90 Å². The smallest absolute Gasteiger partial charge is 0.143 e. The summed E-state index contributed by atoms with van der Waals surface area (Å²) >= 11 is 7.34. The van der Waals surface area contributed by atoms with Gasteiger partial charge in [-0.2, -0.15) is 0 Å². The van der Waals surface area contributed by atoms with E-state index in [9.17, 15) is 0 Å². The third kappa shape index (κ3) is 2.26. The lowest BCUT2D eigenvalue weighted by molar-refractivity contribution is 0.403. The lowest BCUT2D eigenvalue weighted by atomic mass is 10.1. The Hall–Kier alpha value is -1.69. The van der Waals surface area contributed by atoms with Gasteiger partial charge in [-0.25, -0.2) is 4.98 Å². The van der Waals surface area contributed by atoms with E-state index in [0.29, 0.717) is 0 Å². The van der Waals surface area contributed by atoms with Crippen molar-refractivity contribution in [1.82, 2.24) is 9.88 Å². The maximum atomic E-state index is 5.63. The number of rotatable bonds is 1. The molecule has 2 aromatic carbocycles. The van der Waals surface area contributed by atoms with Crippen LogP contribution in [0.2, 0.25) is 0 Å². The van der Waals surface area contributed by atoms with Gasteiger partial charge in [0.25, 0.3) is 0 Å². The van der Waals surface area contributed by atoms with Crippen molar-refractivity contribution in [3.63, 3.8) is 0 Å². The van der Waals surface area contributed by atoms with Gasteiger partial charge in [0.2, 0.25) is 0 Å². The molecule has 1 aromatic heterocycles. The van der Waals surface area contributed by atoms with Crippen LogP contribution in [0.4, 0.5) is 5.69 Å². The molecule has 0 aliphatic carbocycles. The molecule has 1 saturated heterocycles. The summed E-state index contributed by atoms with van der Waals surface area (Å²) in [5.74, 6) is 0.941. The average molecular weight is 325 g/mol. The maximum absolute atomic E-state index is 5.63. The van der Waals surface area contributed by atoms with E-state index >= 15 is 0 Å². The van der Waals surface area contributed by atoms with Crippen LogP contribution in [0, 0.1) is 0 Å². The normalized spacial score (nSPS) is 16.6. The van der Waals surface area contributed by atoms with Gasteiger partial charge in [-0.3, -0.25) is 4.90 Å². The molecule has 0 radical (unpaired) electrons. The van der Waals surface area contributed by atoms with Gasteiger partial charge in [-0.05, 0) is 19.2 Å². The van der Waals surface area contributed by atoms with E-state index < -0.39 is 0 Å². The fourth-order valence-electron chi connectivity index (χ4n) is 2.85. The van der Waals surface area contributed by atoms with E-state index in [1.54, 1.807) is 11.8 Å². The standard InChI is InChI=1S/C17H15N3S2/c1-19-10-20(17(21)22-11-19)16-12-6-2-4-8-14(12)18-15-9-5-3-7-13(15)16/h2-9H,10-11H2,1H3. The van der Waals surface area contributed by atoms with Gasteiger partial charge < -0.3 is 4.90 Å². The summed E-state index contributed by atoms with van der Waals surface area (Å²) in [5.41, 5.74) is 3.19. The first-order chi connectivity index (χ1) is 10.7. The third-order valence-electron chi connectivity index (χ3n) is 3.84. The molecule has 110 valence electrons. The number of para-hydroxylation sites is 2. The Morgan fingerprint density at radius 3 is 2.23 bits per heavy atom. The van der Waals surface area contributed by atoms with Gasteiger partial charge in [-0.15, -0.1) is 0 Å². The molecule has 2 heterocycles. The predicted octanol–water partition coefficient (Wildman–Crippen LogP) is 4.07. The Morgan fingerprint density at radius 1 is 1.00 bits per heavy atom. The number of nitrogens with zero attached hydrogens (tertiary/aromatic N) is 3. The molecule has 5 heteroatoms. The molecule has 22 heavy (non-hydrogen) atoms. The Bertz CT molecular complexity index is 824. The number of aromatic nitrogens is 1. The molecule has 3 nitrogen and oxygen atoms in total. The zero-order chi connectivity index (χ0) is 15.1. The van der Waals surface area contributed by atoms with Gasteiger partial charge in [0.15, 0.2) is 0 Å². The van der Waals surface area contributed by atoms with E-state index in [-0.39, 0.29) is 0 Å². The second-order valence-electron chi connectivity index (χ2n) is 5.46. The molecule has 0 bridgehead atoms. The van der Waals surface area contributed by atoms with Crippen LogP contribution in [0.5, 0.6) is 0 Å². The predicted molar refractivity (Wildman–Crippen MR) is 99.4 cm³/mol. The molecule has 0 N–H and O–H groups in total. The zero-order valence-corrected chi connectivity index (χ0v) is 13.8. The quantitative estimate of drug-likeness (QED) is 0.495. The minimum Gasteiger partial charge on any atom is -0.312 e. The summed E-state index contributed by atoms with van der Waals surface area (Å²) in [5, 5.41) is 2.30. The molecule has 0 unspecified atom stereocenters. The number of hydrogen-bond donors (Lipinski definition) is 0. The molecule has 0 atom stereocenters. The number of benzene rings is 2. The number of pyridine rings is 1. The number of fused-ring (bicyclic) bond motifs is 2. The van der Waals surface area contributed by atoms with Crippen molar-refractivity contribution in [2.24, 2.45) is 0 Å². The van der Waals surface area contributed by atoms with Crippen molar-refractivity contribution in [2.45, 2.75) is 0 Å². The molecule has 3 aromatic rings. The van der Waals surface area contributed by atoms with Crippen LogP contribution in [0.1, 0.15) is 0 Å². The van der Waals surface area contributed by atoms with Crippen molar-refractivity contribution in [2.75, 3.05) is 24.5 Å². The molecule has 0 saturated carbocycles. The summed E-state index contributed by atoms with van der Waals surface area (Å²) in [6, 6.07) is 16.6. The molecular formula is C17H15N3S2. The van der Waals surface area contributed by atoms with Crippen molar-refractivity contribution in [1.29, 1.82) is 0 Å². The monoisotopic (exact) mass is 325 g/mol. The van der Waals surface area contributed by atoms with Crippen LogP contribution in [0.25, 0.3) is 21.8 Å². The number of thiocarbonyl (C=S) groups is 1. The highest BCUT2D eigenvalue weighted by molar-refractivity contribution is 8.23. The van der Waals surface area contributed by atoms with Crippen LogP contribution in [-0.4, -0.2) is 33.8 Å². The summed E-state index contributed by atoms with van der Waals surface area (Å²) in [4.78, 5) is 9.29. The largest absolute Gasteiger partial charge is 0.312 e. The third-order valence-corrected chi connectivity index (χ3v) is 5.45. The van der Waals surface area contributed by atoms with Gasteiger partial charge in [0, 0.05) is 10.8 Å². The maximum Gasteiger partial charge on any atom is 0.143 e. The molecule has 0 amide bonds. The average Bonchev–Trinajstić information content (AvgIpc) is 2.55. The SMILES string of the molecule is CN1CSC(=S)N(c2c3ccccc3nc3ccccc23)C1. The van der Waals surface area contributed by atoms with Crippen molar-refractivity contribution >= 4 is 55.8 Å². The topological polar surface area (TPSA) is 19.4 Å². The van der Waals surface area contributed by atoms with Crippen LogP contribution in [0.3, 0.4) is 0 Å². The van der Waals surface area contributed by atoms with Crippen molar-refractivity contribution in [3.8, 4) is 0 Å². The van der Waals surface area contributed by atoms with E-state index in [1.807, 2.05) is 12.1 Å². The number of thioether (sulfide) groups is 1. The molecule has 1 aliphatic rings. The second kappa shape index (κ2) is 5.50. The lowest BCUT2D eigenvalue weighted by Gasteiger charge is -2.35. The van der Waals surface area contributed by atoms with Gasteiger partial charge in [0.05, 0.1) is 29.3 Å². The van der Waals surface area contributed by atoms with E-state index in [0.717, 1.165) is 38.7 Å². The minimum atomic E-state index is 0.809. The second-order valence-corrected chi connectivity index (χ2v) is 7.04. The van der Waals surface area contributed by atoms with Crippen molar-refractivity contribution in [3.05, 3.63) is 48.5 Å². The fraction of sp³-hybridized carbons (Fsp3) is 0.176. The van der Waals surface area contributed by atoms with Gasteiger partial charge in [-0.1, -0.05) is 60.4 Å².